The molecule has 4 nitrogen and oxygen atoms in total. The first-order valence-corrected chi connectivity index (χ1v) is 7.03. The molecule has 0 radical (unpaired) electrons. The second-order valence-electron chi connectivity index (χ2n) is 5.26. The zero-order valence-electron chi connectivity index (χ0n) is 12.1. The zero-order chi connectivity index (χ0) is 15.1. The van der Waals surface area contributed by atoms with Crippen molar-refractivity contribution >= 4 is 17.5 Å². The molecular formula is C16H15ClN2O2. The first-order valence-electron chi connectivity index (χ1n) is 6.65. The fraction of sp³-hybridized carbons (Fsp3) is 0.250. The lowest BCUT2D eigenvalue weighted by molar-refractivity contribution is 0.0827. The van der Waals surface area contributed by atoms with Crippen molar-refractivity contribution in [2.75, 3.05) is 14.1 Å². The minimum Gasteiger partial charge on any atom is -0.485 e. The Labute approximate surface area is 128 Å². The molecule has 2 aromatic rings. The molecule has 5 heteroatoms. The Bertz CT molecular complexity index is 728. The van der Waals surface area contributed by atoms with E-state index in [2.05, 4.69) is 4.98 Å². The van der Waals surface area contributed by atoms with Gasteiger partial charge < -0.3 is 9.64 Å². The van der Waals surface area contributed by atoms with Crippen molar-refractivity contribution in [3.63, 3.8) is 0 Å². The van der Waals surface area contributed by atoms with Gasteiger partial charge in [0.1, 0.15) is 17.0 Å². The van der Waals surface area contributed by atoms with Crippen LogP contribution in [0.2, 0.25) is 5.15 Å². The lowest BCUT2D eigenvalue weighted by atomic mass is 9.94. The summed E-state index contributed by atoms with van der Waals surface area (Å²) in [4.78, 5) is 17.7. The first kappa shape index (κ1) is 13.9. The molecule has 0 spiro atoms. The first-order chi connectivity index (χ1) is 9.97. The van der Waals surface area contributed by atoms with Crippen molar-refractivity contribution in [3.8, 4) is 16.9 Å². The fourth-order valence-corrected chi connectivity index (χ4v) is 2.66. The van der Waals surface area contributed by atoms with Crippen molar-refractivity contribution < 1.29 is 9.53 Å². The third-order valence-corrected chi connectivity index (χ3v) is 3.78. The Morgan fingerprint density at radius 1 is 1.29 bits per heavy atom. The molecule has 2 heterocycles. The smallest absolute Gasteiger partial charge is 0.253 e. The van der Waals surface area contributed by atoms with Crippen LogP contribution in [-0.4, -0.2) is 29.9 Å². The molecule has 1 unspecified atom stereocenters. The van der Waals surface area contributed by atoms with Crippen molar-refractivity contribution in [1.82, 2.24) is 9.88 Å². The Balaban J connectivity index is 2.12. The van der Waals surface area contributed by atoms with E-state index in [4.69, 9.17) is 16.3 Å². The second-order valence-corrected chi connectivity index (χ2v) is 5.65. The van der Waals surface area contributed by atoms with Gasteiger partial charge >= 0.3 is 0 Å². The number of carbonyl (C=O) groups excluding carboxylic acids is 1. The van der Waals surface area contributed by atoms with Gasteiger partial charge in [-0.05, 0) is 31.2 Å². The van der Waals surface area contributed by atoms with Gasteiger partial charge in [0.25, 0.3) is 5.91 Å². The predicted octanol–water partition coefficient (Wildman–Crippen LogP) is 3.56. The van der Waals surface area contributed by atoms with Gasteiger partial charge in [0.2, 0.25) is 0 Å². The number of carbonyl (C=O) groups is 1. The monoisotopic (exact) mass is 302 g/mol. The number of hydrogen-bond donors (Lipinski definition) is 0. The minimum absolute atomic E-state index is 0.0471. The van der Waals surface area contributed by atoms with Gasteiger partial charge in [-0.1, -0.05) is 11.6 Å². The number of nitrogens with zero attached hydrogens (tertiary/aromatic N) is 2. The van der Waals surface area contributed by atoms with Crippen molar-refractivity contribution in [1.29, 1.82) is 0 Å². The van der Waals surface area contributed by atoms with Crippen LogP contribution in [0.25, 0.3) is 11.1 Å². The molecule has 0 bridgehead atoms. The molecule has 1 aliphatic heterocycles. The molecule has 0 fully saturated rings. The van der Waals surface area contributed by atoms with Crippen LogP contribution in [0, 0.1) is 0 Å². The summed E-state index contributed by atoms with van der Waals surface area (Å²) >= 11 is 5.95. The maximum atomic E-state index is 12.0. The van der Waals surface area contributed by atoms with Gasteiger partial charge in [-0.15, -0.1) is 0 Å². The largest absolute Gasteiger partial charge is 0.485 e. The minimum atomic E-state index is -0.127. The van der Waals surface area contributed by atoms with Gasteiger partial charge in [-0.2, -0.15) is 0 Å². The lowest BCUT2D eigenvalue weighted by Crippen LogP contribution is -2.22. The van der Waals surface area contributed by atoms with Gasteiger partial charge in [0, 0.05) is 42.5 Å². The Morgan fingerprint density at radius 2 is 2.05 bits per heavy atom. The summed E-state index contributed by atoms with van der Waals surface area (Å²) in [6.45, 7) is 1.96. The predicted molar refractivity (Wildman–Crippen MR) is 81.7 cm³/mol. The number of pyridine rings is 1. The summed E-state index contributed by atoms with van der Waals surface area (Å²) in [5, 5.41) is 0.451. The number of aromatic nitrogens is 1. The molecule has 108 valence electrons. The zero-order valence-corrected chi connectivity index (χ0v) is 12.8. The van der Waals surface area contributed by atoms with Crippen molar-refractivity contribution in [2.24, 2.45) is 0 Å². The van der Waals surface area contributed by atoms with E-state index < -0.39 is 0 Å². The molecule has 3 rings (SSSR count). The van der Waals surface area contributed by atoms with Crippen LogP contribution in [0.4, 0.5) is 0 Å². The molecule has 21 heavy (non-hydrogen) atoms. The maximum Gasteiger partial charge on any atom is 0.253 e. The number of rotatable bonds is 1. The number of fused-ring (bicyclic) bond motifs is 3. The van der Waals surface area contributed by atoms with Gasteiger partial charge in [-0.3, -0.25) is 4.79 Å². The van der Waals surface area contributed by atoms with Crippen LogP contribution in [-0.2, 0) is 0 Å². The highest BCUT2D eigenvalue weighted by molar-refractivity contribution is 6.29. The number of benzene rings is 1. The molecule has 0 saturated heterocycles. The van der Waals surface area contributed by atoms with E-state index in [1.165, 1.54) is 0 Å². The van der Waals surface area contributed by atoms with Crippen LogP contribution in [0.1, 0.15) is 28.9 Å². The Hall–Kier alpha value is -2.07. The summed E-state index contributed by atoms with van der Waals surface area (Å²) in [7, 11) is 3.46. The maximum absolute atomic E-state index is 12.0. The summed E-state index contributed by atoms with van der Waals surface area (Å²) in [6, 6.07) is 7.31. The van der Waals surface area contributed by atoms with Crippen LogP contribution in [0.3, 0.4) is 0 Å². The quantitative estimate of drug-likeness (QED) is 0.757. The molecule has 0 saturated carbocycles. The van der Waals surface area contributed by atoms with Gasteiger partial charge in [-0.25, -0.2) is 4.98 Å². The van der Waals surface area contributed by atoms with E-state index in [0.717, 1.165) is 16.7 Å². The highest BCUT2D eigenvalue weighted by Gasteiger charge is 2.24. The highest BCUT2D eigenvalue weighted by Crippen LogP contribution is 2.42. The molecule has 1 aromatic carbocycles. The van der Waals surface area contributed by atoms with Gasteiger partial charge in [0.15, 0.2) is 0 Å². The molecule has 1 aliphatic rings. The summed E-state index contributed by atoms with van der Waals surface area (Å²) in [5.41, 5.74) is 3.55. The molecule has 1 atom stereocenters. The van der Waals surface area contributed by atoms with Crippen LogP contribution < -0.4 is 4.74 Å². The molecule has 0 aliphatic carbocycles. The number of ether oxygens (including phenoxy) is 1. The standard InChI is InChI=1S/C16H15ClN2O2/c1-9-12-7-15(17)18-8-13(12)11-5-4-10(6-14(11)21-9)16(20)19(2)3/h4-9H,1-3H3. The Morgan fingerprint density at radius 3 is 2.76 bits per heavy atom. The topological polar surface area (TPSA) is 42.4 Å². The third kappa shape index (κ3) is 2.36. The van der Waals surface area contributed by atoms with Gasteiger partial charge in [0.05, 0.1) is 0 Å². The number of amides is 1. The molecule has 0 N–H and O–H groups in total. The number of hydrogen-bond acceptors (Lipinski definition) is 3. The summed E-state index contributed by atoms with van der Waals surface area (Å²) < 4.78 is 5.93. The number of halogens is 1. The summed E-state index contributed by atoms with van der Waals surface area (Å²) in [6.07, 6.45) is 1.63. The molecular weight excluding hydrogens is 288 g/mol. The third-order valence-electron chi connectivity index (χ3n) is 3.57. The average molecular weight is 303 g/mol. The van der Waals surface area contributed by atoms with E-state index in [1.54, 1.807) is 37.3 Å². The van der Waals surface area contributed by atoms with Crippen molar-refractivity contribution in [3.05, 3.63) is 46.7 Å². The highest BCUT2D eigenvalue weighted by atomic mass is 35.5. The van der Waals surface area contributed by atoms with E-state index in [-0.39, 0.29) is 12.0 Å². The average Bonchev–Trinajstić information content (AvgIpc) is 2.46. The summed E-state index contributed by atoms with van der Waals surface area (Å²) in [5.74, 6) is 0.654. The SMILES string of the molecule is CC1Oc2cc(C(=O)N(C)C)ccc2-c2cnc(Cl)cc21. The van der Waals surface area contributed by atoms with E-state index in [9.17, 15) is 4.79 Å². The van der Waals surface area contributed by atoms with Crippen LogP contribution in [0.5, 0.6) is 5.75 Å². The normalized spacial score (nSPS) is 15.7. The Kier molecular flexibility index (Phi) is 3.33. The fourth-order valence-electron chi connectivity index (χ4n) is 2.49. The molecule has 1 aromatic heterocycles. The lowest BCUT2D eigenvalue weighted by Gasteiger charge is -2.26. The van der Waals surface area contributed by atoms with Crippen LogP contribution in [0.15, 0.2) is 30.5 Å². The van der Waals surface area contributed by atoms with Crippen LogP contribution >= 0.6 is 11.6 Å². The molecule has 1 amide bonds. The van der Waals surface area contributed by atoms with E-state index >= 15 is 0 Å². The van der Waals surface area contributed by atoms with E-state index in [1.807, 2.05) is 19.1 Å². The van der Waals surface area contributed by atoms with E-state index in [0.29, 0.717) is 16.5 Å². The van der Waals surface area contributed by atoms with Crippen molar-refractivity contribution in [2.45, 2.75) is 13.0 Å². The second kappa shape index (κ2) is 5.04.